The second-order valence-electron chi connectivity index (χ2n) is 5.13. The lowest BCUT2D eigenvalue weighted by atomic mass is 9.97. The van der Waals surface area contributed by atoms with E-state index in [-0.39, 0.29) is 18.3 Å². The molecule has 1 aromatic carbocycles. The highest BCUT2D eigenvalue weighted by atomic mass is 35.5. The molecule has 0 aromatic heterocycles. The van der Waals surface area contributed by atoms with Gasteiger partial charge in [-0.05, 0) is 50.3 Å². The highest BCUT2D eigenvalue weighted by Gasteiger charge is 2.26. The molecule has 2 N–H and O–H groups in total. The van der Waals surface area contributed by atoms with Crippen LogP contribution in [-0.2, 0) is 0 Å². The number of nitrogens with two attached hydrogens (primary N) is 1. The third-order valence-corrected chi connectivity index (χ3v) is 3.85. The van der Waals surface area contributed by atoms with Gasteiger partial charge < -0.3 is 10.6 Å². The number of halogens is 1. The molecular formula is C15H23ClN2O. The van der Waals surface area contributed by atoms with Crippen LogP contribution in [0.15, 0.2) is 18.2 Å². The van der Waals surface area contributed by atoms with E-state index in [4.69, 9.17) is 5.73 Å². The summed E-state index contributed by atoms with van der Waals surface area (Å²) in [5.74, 6) is 0.145. The molecule has 1 aliphatic heterocycles. The number of nitrogen functional groups attached to an aromatic ring is 1. The third kappa shape index (κ3) is 3.41. The van der Waals surface area contributed by atoms with Gasteiger partial charge in [0.1, 0.15) is 0 Å². The number of hydrogen-bond acceptors (Lipinski definition) is 2. The van der Waals surface area contributed by atoms with E-state index in [0.717, 1.165) is 36.9 Å². The number of anilines is 1. The fraction of sp³-hybridized carbons (Fsp3) is 0.533. The summed E-state index contributed by atoms with van der Waals surface area (Å²) in [6.07, 6.45) is 4.51. The van der Waals surface area contributed by atoms with Gasteiger partial charge in [-0.15, -0.1) is 12.4 Å². The first kappa shape index (κ1) is 15.8. The lowest BCUT2D eigenvalue weighted by molar-refractivity contribution is 0.0607. The third-order valence-electron chi connectivity index (χ3n) is 3.85. The maximum Gasteiger partial charge on any atom is 0.254 e. The molecule has 0 aliphatic carbocycles. The fourth-order valence-corrected chi connectivity index (χ4v) is 2.72. The molecule has 1 aromatic rings. The van der Waals surface area contributed by atoms with E-state index < -0.39 is 0 Å². The second-order valence-corrected chi connectivity index (χ2v) is 5.13. The van der Waals surface area contributed by atoms with Crippen LogP contribution in [0.3, 0.4) is 0 Å². The number of aryl methyl sites for hydroxylation is 1. The van der Waals surface area contributed by atoms with Crippen LogP contribution in [0.25, 0.3) is 0 Å². The molecule has 4 heteroatoms. The zero-order valence-electron chi connectivity index (χ0n) is 11.7. The van der Waals surface area contributed by atoms with Crippen LogP contribution in [-0.4, -0.2) is 23.4 Å². The summed E-state index contributed by atoms with van der Waals surface area (Å²) in [4.78, 5) is 14.6. The summed E-state index contributed by atoms with van der Waals surface area (Å²) in [7, 11) is 0. The maximum absolute atomic E-state index is 12.6. The van der Waals surface area contributed by atoms with Gasteiger partial charge in [-0.2, -0.15) is 0 Å². The van der Waals surface area contributed by atoms with Gasteiger partial charge in [-0.25, -0.2) is 0 Å². The van der Waals surface area contributed by atoms with Crippen LogP contribution in [0.4, 0.5) is 5.69 Å². The molecule has 1 heterocycles. The number of carbonyl (C=O) groups excluding carboxylic acids is 1. The summed E-state index contributed by atoms with van der Waals surface area (Å²) < 4.78 is 0. The Balaban J connectivity index is 0.00000180. The van der Waals surface area contributed by atoms with E-state index in [1.807, 2.05) is 24.0 Å². The fourth-order valence-electron chi connectivity index (χ4n) is 2.72. The van der Waals surface area contributed by atoms with Gasteiger partial charge in [0, 0.05) is 23.8 Å². The van der Waals surface area contributed by atoms with E-state index in [0.29, 0.717) is 11.7 Å². The van der Waals surface area contributed by atoms with Crippen molar-refractivity contribution in [1.29, 1.82) is 0 Å². The Morgan fingerprint density at radius 1 is 1.42 bits per heavy atom. The van der Waals surface area contributed by atoms with Crippen LogP contribution < -0.4 is 5.73 Å². The average Bonchev–Trinajstić information content (AvgIpc) is 2.40. The van der Waals surface area contributed by atoms with Crippen LogP contribution in [0.2, 0.25) is 0 Å². The molecule has 106 valence electrons. The Kier molecular flexibility index (Phi) is 5.67. The molecule has 1 amide bonds. The van der Waals surface area contributed by atoms with Crippen molar-refractivity contribution < 1.29 is 4.79 Å². The van der Waals surface area contributed by atoms with Gasteiger partial charge in [0.15, 0.2) is 0 Å². The molecule has 1 atom stereocenters. The minimum Gasteiger partial charge on any atom is -0.399 e. The molecule has 19 heavy (non-hydrogen) atoms. The Morgan fingerprint density at radius 3 is 2.84 bits per heavy atom. The molecule has 3 nitrogen and oxygen atoms in total. The molecule has 1 aliphatic rings. The van der Waals surface area contributed by atoms with Crippen molar-refractivity contribution >= 4 is 24.0 Å². The highest BCUT2D eigenvalue weighted by Crippen LogP contribution is 2.23. The monoisotopic (exact) mass is 282 g/mol. The molecule has 0 radical (unpaired) electrons. The van der Waals surface area contributed by atoms with Crippen molar-refractivity contribution in [2.24, 2.45) is 0 Å². The topological polar surface area (TPSA) is 46.3 Å². The van der Waals surface area contributed by atoms with E-state index in [1.165, 1.54) is 6.42 Å². The molecule has 0 bridgehead atoms. The van der Waals surface area contributed by atoms with Gasteiger partial charge in [-0.3, -0.25) is 4.79 Å². The molecule has 0 spiro atoms. The molecule has 0 saturated carbocycles. The lowest BCUT2D eigenvalue weighted by Crippen LogP contribution is -2.43. The quantitative estimate of drug-likeness (QED) is 0.845. The first-order chi connectivity index (χ1) is 8.63. The van der Waals surface area contributed by atoms with E-state index in [1.54, 1.807) is 6.07 Å². The number of nitrogens with zero attached hydrogens (tertiary/aromatic N) is 1. The van der Waals surface area contributed by atoms with Crippen LogP contribution in [0, 0.1) is 6.92 Å². The molecule has 2 rings (SSSR count). The van der Waals surface area contributed by atoms with Gasteiger partial charge in [-0.1, -0.05) is 13.0 Å². The van der Waals surface area contributed by atoms with Crippen molar-refractivity contribution in [3.05, 3.63) is 29.3 Å². The lowest BCUT2D eigenvalue weighted by Gasteiger charge is -2.35. The zero-order chi connectivity index (χ0) is 13.1. The summed E-state index contributed by atoms with van der Waals surface area (Å²) in [5.41, 5.74) is 8.22. The summed E-state index contributed by atoms with van der Waals surface area (Å²) in [6, 6.07) is 5.97. The minimum absolute atomic E-state index is 0. The predicted octanol–water partition coefficient (Wildman–Crippen LogP) is 3.40. The Morgan fingerprint density at radius 2 is 2.16 bits per heavy atom. The number of benzene rings is 1. The number of carbonyl (C=O) groups is 1. The first-order valence-corrected chi connectivity index (χ1v) is 6.80. The predicted molar refractivity (Wildman–Crippen MR) is 81.8 cm³/mol. The minimum atomic E-state index is 0. The van der Waals surface area contributed by atoms with Gasteiger partial charge >= 0.3 is 0 Å². The van der Waals surface area contributed by atoms with Crippen molar-refractivity contribution in [3.8, 4) is 0 Å². The SMILES string of the molecule is CCC1CCCCN1C(=O)c1cc(N)ccc1C.Cl. The molecule has 1 fully saturated rings. The highest BCUT2D eigenvalue weighted by molar-refractivity contribution is 5.96. The first-order valence-electron chi connectivity index (χ1n) is 6.80. The largest absolute Gasteiger partial charge is 0.399 e. The number of hydrogen-bond donors (Lipinski definition) is 1. The Labute approximate surface area is 121 Å². The van der Waals surface area contributed by atoms with E-state index >= 15 is 0 Å². The Bertz CT molecular complexity index is 448. The van der Waals surface area contributed by atoms with Crippen LogP contribution in [0.5, 0.6) is 0 Å². The standard InChI is InChI=1S/C15H22N2O.ClH/c1-3-13-6-4-5-9-17(13)15(18)14-10-12(16)8-7-11(14)2;/h7-8,10,13H,3-6,9,16H2,1-2H3;1H. The van der Waals surface area contributed by atoms with E-state index in [9.17, 15) is 4.79 Å². The van der Waals surface area contributed by atoms with E-state index in [2.05, 4.69) is 6.92 Å². The maximum atomic E-state index is 12.6. The van der Waals surface area contributed by atoms with Crippen molar-refractivity contribution in [2.75, 3.05) is 12.3 Å². The van der Waals surface area contributed by atoms with Crippen LogP contribution in [0.1, 0.15) is 48.5 Å². The van der Waals surface area contributed by atoms with Gasteiger partial charge in [0.2, 0.25) is 0 Å². The normalized spacial score (nSPS) is 18.8. The van der Waals surface area contributed by atoms with Gasteiger partial charge in [0.05, 0.1) is 0 Å². The number of likely N-dealkylation sites (tertiary alicyclic amines) is 1. The van der Waals surface area contributed by atoms with Crippen molar-refractivity contribution in [2.45, 2.75) is 45.6 Å². The number of piperidine rings is 1. The molecule has 1 unspecified atom stereocenters. The summed E-state index contributed by atoms with van der Waals surface area (Å²) >= 11 is 0. The average molecular weight is 283 g/mol. The molecular weight excluding hydrogens is 260 g/mol. The van der Waals surface area contributed by atoms with Crippen molar-refractivity contribution in [3.63, 3.8) is 0 Å². The molecule has 1 saturated heterocycles. The zero-order valence-corrected chi connectivity index (χ0v) is 12.5. The van der Waals surface area contributed by atoms with Gasteiger partial charge in [0.25, 0.3) is 5.91 Å². The van der Waals surface area contributed by atoms with Crippen molar-refractivity contribution in [1.82, 2.24) is 4.90 Å². The Hall–Kier alpha value is -1.22. The second kappa shape index (κ2) is 6.80. The number of rotatable bonds is 2. The number of amides is 1. The van der Waals surface area contributed by atoms with Crippen LogP contribution >= 0.6 is 12.4 Å². The summed E-state index contributed by atoms with van der Waals surface area (Å²) in [5, 5.41) is 0. The smallest absolute Gasteiger partial charge is 0.254 e. The summed E-state index contributed by atoms with van der Waals surface area (Å²) in [6.45, 7) is 5.01.